The lowest BCUT2D eigenvalue weighted by atomic mass is 9.87. The van der Waals surface area contributed by atoms with Crippen LogP contribution in [0.5, 0.6) is 5.75 Å². The van der Waals surface area contributed by atoms with Gasteiger partial charge >= 0.3 is 0 Å². The van der Waals surface area contributed by atoms with Crippen molar-refractivity contribution in [1.29, 1.82) is 0 Å². The lowest BCUT2D eigenvalue weighted by Gasteiger charge is -2.23. The van der Waals surface area contributed by atoms with E-state index < -0.39 is 0 Å². The molecule has 0 bridgehead atoms. The van der Waals surface area contributed by atoms with Crippen molar-refractivity contribution in [2.45, 2.75) is 38.7 Å². The summed E-state index contributed by atoms with van der Waals surface area (Å²) in [5, 5.41) is 13.1. The highest BCUT2D eigenvalue weighted by molar-refractivity contribution is 7.16. The first-order chi connectivity index (χ1) is 11.6. The second-order valence-electron chi connectivity index (χ2n) is 6.15. The van der Waals surface area contributed by atoms with Gasteiger partial charge in [-0.15, -0.1) is 11.3 Å². The normalized spacial score (nSPS) is 20.6. The Balaban J connectivity index is 1.70. The third-order valence-electron chi connectivity index (χ3n) is 4.46. The molecule has 1 saturated carbocycles. The van der Waals surface area contributed by atoms with Crippen molar-refractivity contribution in [2.75, 3.05) is 12.4 Å². The SMILES string of the molecule is COc1ccc(-c2nc(NC(=O)C3CCC(O)CC3)sc2C)cc1. The van der Waals surface area contributed by atoms with Gasteiger partial charge in [0.25, 0.3) is 0 Å². The van der Waals surface area contributed by atoms with E-state index in [1.807, 2.05) is 31.2 Å². The standard InChI is InChI=1S/C18H22N2O3S/c1-11-16(12-5-9-15(23-2)10-6-12)19-18(24-11)20-17(22)13-3-7-14(21)8-4-13/h5-6,9-10,13-14,21H,3-4,7-8H2,1-2H3,(H,19,20,22). The van der Waals surface area contributed by atoms with Gasteiger partial charge in [-0.3, -0.25) is 4.79 Å². The average molecular weight is 346 g/mol. The number of ether oxygens (including phenoxy) is 1. The summed E-state index contributed by atoms with van der Waals surface area (Å²) in [6, 6.07) is 7.74. The molecule has 3 rings (SSSR count). The van der Waals surface area contributed by atoms with Gasteiger partial charge in [-0.25, -0.2) is 4.98 Å². The molecule has 5 nitrogen and oxygen atoms in total. The average Bonchev–Trinajstić information content (AvgIpc) is 2.95. The Hall–Kier alpha value is -1.92. The number of benzene rings is 1. The van der Waals surface area contributed by atoms with Crippen LogP contribution in [0.15, 0.2) is 24.3 Å². The number of carbonyl (C=O) groups is 1. The molecule has 1 heterocycles. The Morgan fingerprint density at radius 3 is 2.54 bits per heavy atom. The van der Waals surface area contributed by atoms with Gasteiger partial charge in [0.15, 0.2) is 5.13 Å². The third-order valence-corrected chi connectivity index (χ3v) is 5.34. The van der Waals surface area contributed by atoms with Crippen LogP contribution in [0.4, 0.5) is 5.13 Å². The molecule has 1 aliphatic rings. The zero-order valence-corrected chi connectivity index (χ0v) is 14.7. The zero-order valence-electron chi connectivity index (χ0n) is 13.9. The van der Waals surface area contributed by atoms with Crippen LogP contribution in [0.25, 0.3) is 11.3 Å². The first-order valence-electron chi connectivity index (χ1n) is 8.17. The number of rotatable bonds is 4. The van der Waals surface area contributed by atoms with Crippen molar-refractivity contribution < 1.29 is 14.6 Å². The van der Waals surface area contributed by atoms with Crippen LogP contribution in [0, 0.1) is 12.8 Å². The van der Waals surface area contributed by atoms with E-state index in [0.717, 1.165) is 34.7 Å². The van der Waals surface area contributed by atoms with Gasteiger partial charge in [-0.2, -0.15) is 0 Å². The highest BCUT2D eigenvalue weighted by Gasteiger charge is 2.26. The Bertz CT molecular complexity index is 704. The van der Waals surface area contributed by atoms with Gasteiger partial charge in [0.05, 0.1) is 18.9 Å². The van der Waals surface area contributed by atoms with Crippen molar-refractivity contribution in [3.05, 3.63) is 29.1 Å². The molecule has 1 aliphatic carbocycles. The van der Waals surface area contributed by atoms with Crippen LogP contribution < -0.4 is 10.1 Å². The minimum atomic E-state index is -0.252. The molecule has 1 aromatic heterocycles. The lowest BCUT2D eigenvalue weighted by molar-refractivity contribution is -0.121. The van der Waals surface area contributed by atoms with E-state index in [1.165, 1.54) is 11.3 Å². The predicted molar refractivity (Wildman–Crippen MR) is 95.4 cm³/mol. The largest absolute Gasteiger partial charge is 0.497 e. The maximum absolute atomic E-state index is 12.4. The number of hydrogen-bond donors (Lipinski definition) is 2. The number of aryl methyl sites for hydroxylation is 1. The van der Waals surface area contributed by atoms with E-state index in [9.17, 15) is 9.90 Å². The second kappa shape index (κ2) is 7.32. The van der Waals surface area contributed by atoms with Gasteiger partial charge < -0.3 is 15.2 Å². The summed E-state index contributed by atoms with van der Waals surface area (Å²) >= 11 is 1.49. The molecule has 0 aliphatic heterocycles. The number of nitrogens with one attached hydrogen (secondary N) is 1. The fraction of sp³-hybridized carbons (Fsp3) is 0.444. The van der Waals surface area contributed by atoms with Gasteiger partial charge in [0, 0.05) is 16.4 Å². The van der Waals surface area contributed by atoms with Crippen LogP contribution in [0.1, 0.15) is 30.6 Å². The molecule has 6 heteroatoms. The van der Waals surface area contributed by atoms with E-state index in [-0.39, 0.29) is 17.9 Å². The molecule has 0 unspecified atom stereocenters. The van der Waals surface area contributed by atoms with E-state index in [4.69, 9.17) is 4.74 Å². The number of nitrogens with zero attached hydrogens (tertiary/aromatic N) is 1. The van der Waals surface area contributed by atoms with Crippen molar-refractivity contribution in [2.24, 2.45) is 5.92 Å². The van der Waals surface area contributed by atoms with E-state index in [2.05, 4.69) is 10.3 Å². The molecule has 128 valence electrons. The number of anilines is 1. The van der Waals surface area contributed by atoms with E-state index in [1.54, 1.807) is 7.11 Å². The molecular weight excluding hydrogens is 324 g/mol. The molecule has 1 aromatic carbocycles. The molecule has 2 N–H and O–H groups in total. The number of amides is 1. The molecule has 2 aromatic rings. The highest BCUT2D eigenvalue weighted by Crippen LogP contribution is 2.32. The molecule has 0 atom stereocenters. The number of aliphatic hydroxyl groups excluding tert-OH is 1. The van der Waals surface area contributed by atoms with Crippen molar-refractivity contribution in [1.82, 2.24) is 4.98 Å². The maximum Gasteiger partial charge on any atom is 0.229 e. The quantitative estimate of drug-likeness (QED) is 0.887. The number of aromatic nitrogens is 1. The summed E-state index contributed by atoms with van der Waals surface area (Å²) in [4.78, 5) is 18.0. The second-order valence-corrected chi connectivity index (χ2v) is 7.35. The fourth-order valence-corrected chi connectivity index (χ4v) is 3.85. The molecule has 0 radical (unpaired) electrons. The number of methoxy groups -OCH3 is 1. The topological polar surface area (TPSA) is 71.5 Å². The van der Waals surface area contributed by atoms with Crippen molar-refractivity contribution >= 4 is 22.4 Å². The summed E-state index contributed by atoms with van der Waals surface area (Å²) in [6.07, 6.45) is 2.63. The Morgan fingerprint density at radius 2 is 1.92 bits per heavy atom. The van der Waals surface area contributed by atoms with Crippen LogP contribution in [-0.2, 0) is 4.79 Å². The fourth-order valence-electron chi connectivity index (χ4n) is 3.01. The first kappa shape index (κ1) is 16.9. The lowest BCUT2D eigenvalue weighted by Crippen LogP contribution is -2.28. The maximum atomic E-state index is 12.4. The summed E-state index contributed by atoms with van der Waals surface area (Å²) in [7, 11) is 1.64. The van der Waals surface area contributed by atoms with Crippen LogP contribution in [-0.4, -0.2) is 29.2 Å². The number of hydrogen-bond acceptors (Lipinski definition) is 5. The van der Waals surface area contributed by atoms with Crippen LogP contribution >= 0.6 is 11.3 Å². The molecule has 24 heavy (non-hydrogen) atoms. The van der Waals surface area contributed by atoms with Gasteiger partial charge in [-0.05, 0) is 56.9 Å². The van der Waals surface area contributed by atoms with Gasteiger partial charge in [0.2, 0.25) is 5.91 Å². The molecule has 0 saturated heterocycles. The summed E-state index contributed by atoms with van der Waals surface area (Å²) in [6.45, 7) is 2.00. The molecule has 1 fully saturated rings. The smallest absolute Gasteiger partial charge is 0.229 e. The summed E-state index contributed by atoms with van der Waals surface area (Å²) < 4.78 is 5.18. The van der Waals surface area contributed by atoms with E-state index >= 15 is 0 Å². The van der Waals surface area contributed by atoms with Crippen molar-refractivity contribution in [3.63, 3.8) is 0 Å². The summed E-state index contributed by atoms with van der Waals surface area (Å²) in [5.74, 6) is 0.790. The monoisotopic (exact) mass is 346 g/mol. The van der Waals surface area contributed by atoms with E-state index in [0.29, 0.717) is 18.0 Å². The zero-order chi connectivity index (χ0) is 17.1. The molecule has 0 spiro atoms. The minimum Gasteiger partial charge on any atom is -0.497 e. The van der Waals surface area contributed by atoms with Crippen LogP contribution in [0.2, 0.25) is 0 Å². The number of thiazole rings is 1. The number of carbonyl (C=O) groups excluding carboxylic acids is 1. The Labute approximate surface area is 145 Å². The first-order valence-corrected chi connectivity index (χ1v) is 8.99. The predicted octanol–water partition coefficient (Wildman–Crippen LogP) is 3.62. The summed E-state index contributed by atoms with van der Waals surface area (Å²) in [5.41, 5.74) is 1.89. The van der Waals surface area contributed by atoms with Crippen LogP contribution in [0.3, 0.4) is 0 Å². The van der Waals surface area contributed by atoms with Gasteiger partial charge in [-0.1, -0.05) is 0 Å². The Morgan fingerprint density at radius 1 is 1.25 bits per heavy atom. The van der Waals surface area contributed by atoms with Gasteiger partial charge in [0.1, 0.15) is 5.75 Å². The molecule has 1 amide bonds. The van der Waals surface area contributed by atoms with Crippen molar-refractivity contribution in [3.8, 4) is 17.0 Å². The Kier molecular flexibility index (Phi) is 5.16. The molecular formula is C18H22N2O3S. The third kappa shape index (κ3) is 3.76. The highest BCUT2D eigenvalue weighted by atomic mass is 32.1. The minimum absolute atomic E-state index is 0.0110. The number of aliphatic hydroxyl groups is 1.